The molecule has 22 heavy (non-hydrogen) atoms. The number of amides is 1. The fourth-order valence-corrected chi connectivity index (χ4v) is 3.14. The summed E-state index contributed by atoms with van der Waals surface area (Å²) in [7, 11) is 3.46. The molecular formula is C17H22N2O3. The highest BCUT2D eigenvalue weighted by Crippen LogP contribution is 2.31. The van der Waals surface area contributed by atoms with E-state index in [9.17, 15) is 4.79 Å². The van der Waals surface area contributed by atoms with E-state index in [-0.39, 0.29) is 11.7 Å². The summed E-state index contributed by atoms with van der Waals surface area (Å²) in [5.41, 5.74) is 0.863. The van der Waals surface area contributed by atoms with E-state index in [1.807, 2.05) is 24.3 Å². The number of methoxy groups -OCH3 is 1. The molecule has 118 valence electrons. The molecule has 1 spiro atoms. The fraction of sp³-hybridized carbons (Fsp3) is 0.471. The Labute approximate surface area is 131 Å². The molecule has 1 amide bonds. The number of hydrogen-bond acceptors (Lipinski definition) is 4. The van der Waals surface area contributed by atoms with E-state index in [0.29, 0.717) is 6.54 Å². The van der Waals surface area contributed by atoms with Gasteiger partial charge in [0, 0.05) is 33.1 Å². The van der Waals surface area contributed by atoms with Crippen LogP contribution in [0.25, 0.3) is 6.08 Å². The summed E-state index contributed by atoms with van der Waals surface area (Å²) in [4.78, 5) is 15.5. The Morgan fingerprint density at radius 3 is 2.73 bits per heavy atom. The first-order valence-electron chi connectivity index (χ1n) is 7.57. The molecule has 0 bridgehead atoms. The summed E-state index contributed by atoms with van der Waals surface area (Å²) in [6, 6.07) is 7.99. The molecule has 2 heterocycles. The van der Waals surface area contributed by atoms with Crippen molar-refractivity contribution in [1.29, 1.82) is 0 Å². The van der Waals surface area contributed by atoms with Gasteiger partial charge in [-0.25, -0.2) is 4.79 Å². The van der Waals surface area contributed by atoms with Gasteiger partial charge in [-0.15, -0.1) is 0 Å². The molecule has 2 aliphatic heterocycles. The van der Waals surface area contributed by atoms with Gasteiger partial charge in [0.1, 0.15) is 11.4 Å². The first-order valence-corrected chi connectivity index (χ1v) is 7.57. The normalized spacial score (nSPS) is 25.4. The van der Waals surface area contributed by atoms with Crippen molar-refractivity contribution in [3.05, 3.63) is 35.9 Å². The van der Waals surface area contributed by atoms with Crippen LogP contribution < -0.4 is 4.74 Å². The number of rotatable bonds is 4. The van der Waals surface area contributed by atoms with Gasteiger partial charge in [0.2, 0.25) is 0 Å². The summed E-state index contributed by atoms with van der Waals surface area (Å²) in [6.07, 6.45) is 4.98. The van der Waals surface area contributed by atoms with Crippen molar-refractivity contribution in [2.45, 2.75) is 12.0 Å². The van der Waals surface area contributed by atoms with Gasteiger partial charge >= 0.3 is 6.09 Å². The predicted octanol–water partition coefficient (Wildman–Crippen LogP) is 2.23. The molecule has 0 aromatic heterocycles. The van der Waals surface area contributed by atoms with Gasteiger partial charge in [0.15, 0.2) is 0 Å². The first-order chi connectivity index (χ1) is 10.6. The molecule has 0 N–H and O–H groups in total. The second-order valence-electron chi connectivity index (χ2n) is 6.07. The minimum absolute atomic E-state index is 0.198. The maximum absolute atomic E-state index is 11.6. The van der Waals surface area contributed by atoms with Crippen molar-refractivity contribution in [2.75, 3.05) is 40.3 Å². The van der Waals surface area contributed by atoms with Gasteiger partial charge in [0.05, 0.1) is 13.7 Å². The second-order valence-corrected chi connectivity index (χ2v) is 6.07. The summed E-state index contributed by atoms with van der Waals surface area (Å²) >= 11 is 0. The topological polar surface area (TPSA) is 42.0 Å². The monoisotopic (exact) mass is 302 g/mol. The lowest BCUT2D eigenvalue weighted by atomic mass is 10.0. The molecule has 1 unspecified atom stereocenters. The zero-order chi connectivity index (χ0) is 15.6. The molecule has 1 atom stereocenters. The summed E-state index contributed by atoms with van der Waals surface area (Å²) in [5, 5.41) is 0. The van der Waals surface area contributed by atoms with Crippen LogP contribution in [-0.4, -0.2) is 61.8 Å². The molecule has 5 heteroatoms. The predicted molar refractivity (Wildman–Crippen MR) is 84.9 cm³/mol. The van der Waals surface area contributed by atoms with E-state index >= 15 is 0 Å². The van der Waals surface area contributed by atoms with E-state index in [1.54, 1.807) is 19.1 Å². The standard InChI is InChI=1S/C17H22N2O3/c1-18-12-17(22-16(18)20)9-11-19(13-17)10-3-4-14-5-7-15(21-2)8-6-14/h3-8H,9-13H2,1-2H3/b4-3+. The smallest absolute Gasteiger partial charge is 0.410 e. The van der Waals surface area contributed by atoms with E-state index < -0.39 is 0 Å². The molecule has 0 saturated carbocycles. The number of likely N-dealkylation sites (N-methyl/N-ethyl adjacent to an activating group) is 1. The number of benzene rings is 1. The Hall–Kier alpha value is -2.01. The number of hydrogen-bond donors (Lipinski definition) is 0. The Kier molecular flexibility index (Phi) is 4.07. The summed E-state index contributed by atoms with van der Waals surface area (Å²) < 4.78 is 10.7. The Morgan fingerprint density at radius 1 is 1.32 bits per heavy atom. The van der Waals surface area contributed by atoms with Crippen LogP contribution >= 0.6 is 0 Å². The fourth-order valence-electron chi connectivity index (χ4n) is 3.14. The lowest BCUT2D eigenvalue weighted by Crippen LogP contribution is -2.37. The van der Waals surface area contributed by atoms with E-state index in [2.05, 4.69) is 17.1 Å². The zero-order valence-electron chi connectivity index (χ0n) is 13.1. The molecule has 2 saturated heterocycles. The van der Waals surface area contributed by atoms with Gasteiger partial charge in [-0.2, -0.15) is 0 Å². The van der Waals surface area contributed by atoms with Gasteiger partial charge in [0.25, 0.3) is 0 Å². The van der Waals surface area contributed by atoms with Gasteiger partial charge in [-0.1, -0.05) is 24.3 Å². The van der Waals surface area contributed by atoms with Crippen LogP contribution in [0.2, 0.25) is 0 Å². The third-order valence-electron chi connectivity index (χ3n) is 4.33. The molecule has 5 nitrogen and oxygen atoms in total. The molecule has 0 radical (unpaired) electrons. The largest absolute Gasteiger partial charge is 0.497 e. The molecule has 3 rings (SSSR count). The SMILES string of the molecule is COc1ccc(/C=C/CN2CCC3(C2)CN(C)C(=O)O3)cc1. The van der Waals surface area contributed by atoms with Gasteiger partial charge < -0.3 is 14.4 Å². The average molecular weight is 302 g/mol. The van der Waals surface area contributed by atoms with Crippen LogP contribution in [0, 0.1) is 0 Å². The van der Waals surface area contributed by atoms with Crippen LogP contribution in [0.5, 0.6) is 5.75 Å². The first kappa shape index (κ1) is 14.9. The maximum Gasteiger partial charge on any atom is 0.410 e. The highest BCUT2D eigenvalue weighted by molar-refractivity contribution is 5.70. The highest BCUT2D eigenvalue weighted by Gasteiger charge is 2.48. The van der Waals surface area contributed by atoms with Crippen molar-refractivity contribution < 1.29 is 14.3 Å². The molecule has 1 aromatic carbocycles. The van der Waals surface area contributed by atoms with E-state index in [0.717, 1.165) is 37.4 Å². The lowest BCUT2D eigenvalue weighted by molar-refractivity contribution is 0.0644. The molecule has 2 fully saturated rings. The van der Waals surface area contributed by atoms with Crippen LogP contribution in [0.1, 0.15) is 12.0 Å². The van der Waals surface area contributed by atoms with Gasteiger partial charge in [-0.3, -0.25) is 4.90 Å². The van der Waals surface area contributed by atoms with Crippen LogP contribution in [-0.2, 0) is 4.74 Å². The number of carbonyl (C=O) groups is 1. The molecule has 2 aliphatic rings. The summed E-state index contributed by atoms with van der Waals surface area (Å²) in [6.45, 7) is 3.35. The molecule has 0 aliphatic carbocycles. The van der Waals surface area contributed by atoms with Crippen LogP contribution in [0.4, 0.5) is 4.79 Å². The molecular weight excluding hydrogens is 280 g/mol. The number of carbonyl (C=O) groups excluding carboxylic acids is 1. The van der Waals surface area contributed by atoms with E-state index in [1.165, 1.54) is 0 Å². The highest BCUT2D eigenvalue weighted by atomic mass is 16.6. The van der Waals surface area contributed by atoms with E-state index in [4.69, 9.17) is 9.47 Å². The summed E-state index contributed by atoms with van der Waals surface area (Å²) in [5.74, 6) is 0.866. The maximum atomic E-state index is 11.6. The minimum Gasteiger partial charge on any atom is -0.497 e. The van der Waals surface area contributed by atoms with Crippen molar-refractivity contribution in [1.82, 2.24) is 9.80 Å². The second kappa shape index (κ2) is 6.01. The Balaban J connectivity index is 1.52. The third kappa shape index (κ3) is 3.09. The third-order valence-corrected chi connectivity index (χ3v) is 4.33. The average Bonchev–Trinajstić information content (AvgIpc) is 3.03. The molecule has 1 aromatic rings. The van der Waals surface area contributed by atoms with Crippen molar-refractivity contribution >= 4 is 12.2 Å². The van der Waals surface area contributed by atoms with Crippen LogP contribution in [0.15, 0.2) is 30.3 Å². The zero-order valence-corrected chi connectivity index (χ0v) is 13.1. The number of nitrogens with zero attached hydrogens (tertiary/aromatic N) is 2. The minimum atomic E-state index is -0.292. The Morgan fingerprint density at radius 2 is 2.09 bits per heavy atom. The van der Waals surface area contributed by atoms with Crippen molar-refractivity contribution in [3.8, 4) is 5.75 Å². The number of likely N-dealkylation sites (tertiary alicyclic amines) is 1. The van der Waals surface area contributed by atoms with Crippen molar-refractivity contribution in [2.24, 2.45) is 0 Å². The Bertz CT molecular complexity index is 570. The quantitative estimate of drug-likeness (QED) is 0.855. The van der Waals surface area contributed by atoms with Gasteiger partial charge in [-0.05, 0) is 17.7 Å². The number of ether oxygens (including phenoxy) is 2. The lowest BCUT2D eigenvalue weighted by Gasteiger charge is -2.21. The van der Waals surface area contributed by atoms with Crippen LogP contribution in [0.3, 0.4) is 0 Å². The van der Waals surface area contributed by atoms with Crippen molar-refractivity contribution in [3.63, 3.8) is 0 Å².